The zero-order chi connectivity index (χ0) is 20.9. The molecular formula is C23H30N6O. The molecule has 0 saturated carbocycles. The molecule has 3 aromatic rings. The Kier molecular flexibility index (Phi) is 6.38. The average Bonchev–Trinajstić information content (AvgIpc) is 3.23. The molecule has 3 heterocycles. The van der Waals surface area contributed by atoms with Crippen molar-refractivity contribution in [2.24, 2.45) is 0 Å². The van der Waals surface area contributed by atoms with Crippen molar-refractivity contribution in [3.8, 4) is 0 Å². The van der Waals surface area contributed by atoms with Crippen LogP contribution in [0, 0.1) is 13.8 Å². The van der Waals surface area contributed by atoms with E-state index in [4.69, 9.17) is 0 Å². The van der Waals surface area contributed by atoms with Crippen LogP contribution in [0.25, 0.3) is 5.65 Å². The van der Waals surface area contributed by atoms with Crippen LogP contribution in [0.5, 0.6) is 0 Å². The van der Waals surface area contributed by atoms with Crippen molar-refractivity contribution in [2.45, 2.75) is 52.0 Å². The molecule has 2 aromatic heterocycles. The van der Waals surface area contributed by atoms with Crippen LogP contribution in [0.15, 0.2) is 36.7 Å². The second kappa shape index (κ2) is 9.34. The van der Waals surface area contributed by atoms with E-state index in [0.717, 1.165) is 47.7 Å². The number of aryl methyl sites for hydroxylation is 2. The fourth-order valence-electron chi connectivity index (χ4n) is 4.37. The van der Waals surface area contributed by atoms with Crippen molar-refractivity contribution in [1.82, 2.24) is 30.0 Å². The van der Waals surface area contributed by atoms with Crippen LogP contribution in [0.1, 0.15) is 54.1 Å². The second-order valence-corrected chi connectivity index (χ2v) is 8.18. The smallest absolute Gasteiger partial charge is 0.220 e. The van der Waals surface area contributed by atoms with Crippen molar-refractivity contribution in [1.29, 1.82) is 0 Å². The fourth-order valence-corrected chi connectivity index (χ4v) is 4.37. The predicted molar refractivity (Wildman–Crippen MR) is 116 cm³/mol. The molecule has 7 heteroatoms. The molecule has 0 radical (unpaired) electrons. The van der Waals surface area contributed by atoms with Gasteiger partial charge in [-0.25, -0.2) is 4.52 Å². The molecule has 1 aliphatic heterocycles. The highest BCUT2D eigenvalue weighted by molar-refractivity contribution is 5.77. The third-order valence-electron chi connectivity index (χ3n) is 6.04. The van der Waals surface area contributed by atoms with Crippen LogP contribution >= 0.6 is 0 Å². The first-order chi connectivity index (χ1) is 14.6. The summed E-state index contributed by atoms with van der Waals surface area (Å²) in [5.74, 6) is 0.0704. The molecule has 1 atom stereocenters. The molecule has 158 valence electrons. The summed E-state index contributed by atoms with van der Waals surface area (Å²) in [6.45, 7) is 7.09. The first kappa shape index (κ1) is 20.5. The lowest BCUT2D eigenvalue weighted by atomic mass is 10.0. The maximum absolute atomic E-state index is 12.9. The molecule has 0 bridgehead atoms. The van der Waals surface area contributed by atoms with Crippen LogP contribution in [0.2, 0.25) is 0 Å². The van der Waals surface area contributed by atoms with Gasteiger partial charge >= 0.3 is 0 Å². The Hall–Kier alpha value is -2.80. The van der Waals surface area contributed by atoms with E-state index in [1.807, 2.05) is 32.0 Å². The van der Waals surface area contributed by atoms with Crippen molar-refractivity contribution in [3.63, 3.8) is 0 Å². The minimum Gasteiger partial charge on any atom is -0.348 e. The van der Waals surface area contributed by atoms with Crippen molar-refractivity contribution in [2.75, 3.05) is 19.6 Å². The molecule has 1 amide bonds. The van der Waals surface area contributed by atoms with Crippen molar-refractivity contribution < 1.29 is 4.79 Å². The van der Waals surface area contributed by atoms with Gasteiger partial charge in [-0.1, -0.05) is 36.8 Å². The zero-order valence-corrected chi connectivity index (χ0v) is 17.8. The maximum atomic E-state index is 12.9. The summed E-state index contributed by atoms with van der Waals surface area (Å²) < 4.78 is 1.69. The summed E-state index contributed by atoms with van der Waals surface area (Å²) in [5, 5.41) is 15.9. The highest BCUT2D eigenvalue weighted by Gasteiger charge is 2.20. The largest absolute Gasteiger partial charge is 0.348 e. The number of likely N-dealkylation sites (tertiary alicyclic amines) is 1. The molecule has 4 rings (SSSR count). The number of amides is 1. The SMILES string of the molecule is Cc1nn2cnnc2c(C)c1CCC(=O)N[C@H](CN1CCCCC1)c1ccccc1. The Morgan fingerprint density at radius 1 is 1.13 bits per heavy atom. The number of carbonyl (C=O) groups is 1. The molecular weight excluding hydrogens is 376 g/mol. The molecule has 1 saturated heterocycles. The number of hydrogen-bond acceptors (Lipinski definition) is 5. The Bertz CT molecular complexity index is 994. The third-order valence-corrected chi connectivity index (χ3v) is 6.04. The average molecular weight is 407 g/mol. The van der Waals surface area contributed by atoms with E-state index in [1.54, 1.807) is 10.8 Å². The van der Waals surface area contributed by atoms with E-state index in [-0.39, 0.29) is 11.9 Å². The van der Waals surface area contributed by atoms with E-state index in [0.29, 0.717) is 12.8 Å². The topological polar surface area (TPSA) is 75.4 Å². The summed E-state index contributed by atoms with van der Waals surface area (Å²) in [6.07, 6.45) is 6.47. The van der Waals surface area contributed by atoms with Gasteiger partial charge in [0, 0.05) is 18.5 Å². The number of nitrogens with zero attached hydrogens (tertiary/aromatic N) is 5. The molecule has 1 fully saturated rings. The second-order valence-electron chi connectivity index (χ2n) is 8.18. The Labute approximate surface area is 177 Å². The number of carbonyl (C=O) groups excluding carboxylic acids is 1. The normalized spacial score (nSPS) is 15.9. The standard InChI is InChI=1S/C23H30N6O/c1-17-20(18(2)27-29-16-24-26-23(17)29)11-12-22(30)25-21(19-9-5-3-6-10-19)15-28-13-7-4-8-14-28/h3,5-6,9-10,16,21H,4,7-8,11-15H2,1-2H3,(H,25,30)/t21-/m1/s1. The zero-order valence-electron chi connectivity index (χ0n) is 17.8. The number of fused-ring (bicyclic) bond motifs is 1. The number of benzene rings is 1. The van der Waals surface area contributed by atoms with E-state index in [2.05, 4.69) is 37.6 Å². The van der Waals surface area contributed by atoms with E-state index < -0.39 is 0 Å². The van der Waals surface area contributed by atoms with Gasteiger partial charge in [-0.05, 0) is 57.3 Å². The fraction of sp³-hybridized carbons (Fsp3) is 0.478. The minimum atomic E-state index is 0.0103. The van der Waals surface area contributed by atoms with Gasteiger partial charge in [0.15, 0.2) is 5.65 Å². The maximum Gasteiger partial charge on any atom is 0.220 e. The van der Waals surface area contributed by atoms with Crippen molar-refractivity contribution in [3.05, 3.63) is 59.0 Å². The van der Waals surface area contributed by atoms with Crippen LogP contribution in [0.3, 0.4) is 0 Å². The number of hydrogen-bond donors (Lipinski definition) is 1. The Balaban J connectivity index is 1.43. The third kappa shape index (κ3) is 4.67. The lowest BCUT2D eigenvalue weighted by molar-refractivity contribution is -0.122. The quantitative estimate of drug-likeness (QED) is 0.653. The molecule has 1 N–H and O–H groups in total. The first-order valence-electron chi connectivity index (χ1n) is 10.8. The van der Waals surface area contributed by atoms with E-state index in [9.17, 15) is 4.79 Å². The van der Waals surface area contributed by atoms with Crippen LogP contribution in [0.4, 0.5) is 0 Å². The molecule has 0 unspecified atom stereocenters. The molecule has 7 nitrogen and oxygen atoms in total. The van der Waals surface area contributed by atoms with E-state index >= 15 is 0 Å². The van der Waals surface area contributed by atoms with Gasteiger partial charge < -0.3 is 10.2 Å². The Morgan fingerprint density at radius 3 is 2.67 bits per heavy atom. The van der Waals surface area contributed by atoms with Crippen molar-refractivity contribution >= 4 is 11.6 Å². The first-order valence-corrected chi connectivity index (χ1v) is 10.8. The summed E-state index contributed by atoms with van der Waals surface area (Å²) in [6, 6.07) is 10.3. The van der Waals surface area contributed by atoms with E-state index in [1.165, 1.54) is 19.3 Å². The molecule has 1 aromatic carbocycles. The van der Waals surface area contributed by atoms with Gasteiger partial charge in [-0.2, -0.15) is 5.10 Å². The number of aromatic nitrogens is 4. The lowest BCUT2D eigenvalue weighted by Gasteiger charge is -2.31. The molecule has 1 aliphatic rings. The molecule has 0 spiro atoms. The van der Waals surface area contributed by atoms with Crippen LogP contribution in [-0.2, 0) is 11.2 Å². The summed E-state index contributed by atoms with van der Waals surface area (Å²) in [5.41, 5.74) is 4.96. The minimum absolute atomic E-state index is 0.0103. The summed E-state index contributed by atoms with van der Waals surface area (Å²) in [7, 11) is 0. The number of nitrogens with one attached hydrogen (secondary N) is 1. The van der Waals surface area contributed by atoms with Gasteiger partial charge in [0.2, 0.25) is 5.91 Å². The van der Waals surface area contributed by atoms with Crippen LogP contribution in [-0.4, -0.2) is 50.3 Å². The Morgan fingerprint density at radius 2 is 1.90 bits per heavy atom. The van der Waals surface area contributed by atoms with Gasteiger partial charge in [0.25, 0.3) is 0 Å². The number of rotatable bonds is 7. The van der Waals surface area contributed by atoms with Gasteiger partial charge in [-0.15, -0.1) is 10.2 Å². The summed E-state index contributed by atoms with van der Waals surface area (Å²) in [4.78, 5) is 15.4. The van der Waals surface area contributed by atoms with Gasteiger partial charge in [0.05, 0.1) is 11.7 Å². The predicted octanol–water partition coefficient (Wildman–Crippen LogP) is 3.02. The van der Waals surface area contributed by atoms with Crippen LogP contribution < -0.4 is 5.32 Å². The highest BCUT2D eigenvalue weighted by atomic mass is 16.1. The molecule has 0 aliphatic carbocycles. The highest BCUT2D eigenvalue weighted by Crippen LogP contribution is 2.20. The molecule has 30 heavy (non-hydrogen) atoms. The lowest BCUT2D eigenvalue weighted by Crippen LogP contribution is -2.40. The number of piperidine rings is 1. The van der Waals surface area contributed by atoms with Gasteiger partial charge in [0.1, 0.15) is 6.33 Å². The van der Waals surface area contributed by atoms with Gasteiger partial charge in [-0.3, -0.25) is 4.79 Å². The summed E-state index contributed by atoms with van der Waals surface area (Å²) >= 11 is 0. The monoisotopic (exact) mass is 406 g/mol.